The van der Waals surface area contributed by atoms with Gasteiger partial charge in [-0.1, -0.05) is 91.0 Å². The number of furan rings is 2. The first kappa shape index (κ1) is 24.2. The number of para-hydroxylation sites is 3. The van der Waals surface area contributed by atoms with E-state index in [1.807, 2.05) is 78.9 Å². The van der Waals surface area contributed by atoms with Crippen LogP contribution in [0.1, 0.15) is 0 Å². The lowest BCUT2D eigenvalue weighted by molar-refractivity contribution is 0.668. The normalized spacial score (nSPS) is 12.0. The zero-order valence-corrected chi connectivity index (χ0v) is 23.8. The van der Waals surface area contributed by atoms with Crippen LogP contribution >= 0.6 is 0 Å². The molecule has 0 atom stereocenters. The molecule has 0 aliphatic carbocycles. The zero-order valence-electron chi connectivity index (χ0n) is 23.8. The van der Waals surface area contributed by atoms with Gasteiger partial charge in [0.15, 0.2) is 11.6 Å². The summed E-state index contributed by atoms with van der Waals surface area (Å²) in [6.07, 6.45) is 0. The molecule has 0 saturated carbocycles. The molecular weight excluding hydrogens is 556 g/mol. The lowest BCUT2D eigenvalue weighted by Gasteiger charge is -2.11. The van der Waals surface area contributed by atoms with Crippen molar-refractivity contribution in [3.05, 3.63) is 133 Å². The van der Waals surface area contributed by atoms with Crippen LogP contribution in [-0.4, -0.2) is 19.5 Å². The number of nitrogens with zero attached hydrogens (tertiary/aromatic N) is 4. The molecular formula is C39H22N4O2. The number of hydrogen-bond acceptors (Lipinski definition) is 5. The Morgan fingerprint density at radius 3 is 1.76 bits per heavy atom. The van der Waals surface area contributed by atoms with Gasteiger partial charge in [0.05, 0.1) is 11.0 Å². The van der Waals surface area contributed by atoms with Gasteiger partial charge in [-0.3, -0.25) is 4.57 Å². The number of hydrogen-bond donors (Lipinski definition) is 0. The van der Waals surface area contributed by atoms with Crippen molar-refractivity contribution < 1.29 is 8.83 Å². The molecule has 0 radical (unpaired) electrons. The second-order valence-electron chi connectivity index (χ2n) is 11.3. The predicted octanol–water partition coefficient (Wildman–Crippen LogP) is 10.1. The van der Waals surface area contributed by atoms with E-state index < -0.39 is 0 Å². The van der Waals surface area contributed by atoms with Gasteiger partial charge in [-0.2, -0.15) is 9.97 Å². The van der Waals surface area contributed by atoms with Crippen molar-refractivity contribution in [3.8, 4) is 28.7 Å². The highest BCUT2D eigenvalue weighted by atomic mass is 16.3. The van der Waals surface area contributed by atoms with Crippen LogP contribution < -0.4 is 0 Å². The summed E-state index contributed by atoms with van der Waals surface area (Å²) in [5, 5.41) is 6.55. The SMILES string of the molecule is c1ccc(-c2nc(-c3ccc4c(c3)oc3ccccc34)nc(-n3c4ccccc4c4cc5c(cc43)oc3ccccc35)n2)cc1. The highest BCUT2D eigenvalue weighted by Gasteiger charge is 2.20. The Balaban J connectivity index is 1.27. The molecule has 4 heterocycles. The summed E-state index contributed by atoms with van der Waals surface area (Å²) in [7, 11) is 0. The van der Waals surface area contributed by atoms with Crippen molar-refractivity contribution in [3.63, 3.8) is 0 Å². The second-order valence-corrected chi connectivity index (χ2v) is 11.3. The first-order valence-electron chi connectivity index (χ1n) is 14.9. The van der Waals surface area contributed by atoms with Gasteiger partial charge in [0.1, 0.15) is 22.3 Å². The Morgan fingerprint density at radius 2 is 0.978 bits per heavy atom. The van der Waals surface area contributed by atoms with Crippen LogP contribution in [0.3, 0.4) is 0 Å². The predicted molar refractivity (Wildman–Crippen MR) is 180 cm³/mol. The minimum atomic E-state index is 0.533. The molecule has 0 saturated heterocycles. The smallest absolute Gasteiger partial charge is 0.238 e. The van der Waals surface area contributed by atoms with E-state index in [1.165, 1.54) is 0 Å². The first-order valence-corrected chi connectivity index (χ1v) is 14.9. The lowest BCUT2D eigenvalue weighted by Crippen LogP contribution is -2.06. The molecule has 0 unspecified atom stereocenters. The third-order valence-corrected chi connectivity index (χ3v) is 8.66. The van der Waals surface area contributed by atoms with Crippen molar-refractivity contribution in [2.24, 2.45) is 0 Å². The number of fused-ring (bicyclic) bond motifs is 9. The van der Waals surface area contributed by atoms with Crippen LogP contribution in [0.5, 0.6) is 0 Å². The summed E-state index contributed by atoms with van der Waals surface area (Å²) in [5.74, 6) is 1.69. The van der Waals surface area contributed by atoms with Crippen molar-refractivity contribution in [1.82, 2.24) is 19.5 Å². The highest BCUT2D eigenvalue weighted by molar-refractivity contribution is 6.17. The maximum atomic E-state index is 6.32. The van der Waals surface area contributed by atoms with Crippen molar-refractivity contribution in [2.75, 3.05) is 0 Å². The number of benzene rings is 6. The Labute approximate surface area is 255 Å². The van der Waals surface area contributed by atoms with Gasteiger partial charge in [0, 0.05) is 49.5 Å². The average molecular weight is 579 g/mol. The van der Waals surface area contributed by atoms with Gasteiger partial charge in [-0.15, -0.1) is 0 Å². The van der Waals surface area contributed by atoms with E-state index in [9.17, 15) is 0 Å². The summed E-state index contributed by atoms with van der Waals surface area (Å²) in [4.78, 5) is 15.2. The summed E-state index contributed by atoms with van der Waals surface area (Å²) < 4.78 is 14.7. The fraction of sp³-hybridized carbons (Fsp3) is 0. The Bertz CT molecular complexity index is 2770. The Kier molecular flexibility index (Phi) is 4.90. The van der Waals surface area contributed by atoms with E-state index >= 15 is 0 Å². The minimum Gasteiger partial charge on any atom is -0.456 e. The van der Waals surface area contributed by atoms with Crippen LogP contribution in [0, 0.1) is 0 Å². The fourth-order valence-corrected chi connectivity index (χ4v) is 6.58. The summed E-state index contributed by atoms with van der Waals surface area (Å²) >= 11 is 0. The van der Waals surface area contributed by atoms with Gasteiger partial charge >= 0.3 is 0 Å². The quantitative estimate of drug-likeness (QED) is 0.209. The molecule has 0 bridgehead atoms. The fourth-order valence-electron chi connectivity index (χ4n) is 6.58. The minimum absolute atomic E-state index is 0.533. The van der Waals surface area contributed by atoms with E-state index in [1.54, 1.807) is 0 Å². The van der Waals surface area contributed by atoms with Gasteiger partial charge in [-0.05, 0) is 36.4 Å². The van der Waals surface area contributed by atoms with E-state index in [0.29, 0.717) is 17.6 Å². The van der Waals surface area contributed by atoms with Crippen molar-refractivity contribution >= 4 is 65.7 Å². The second kappa shape index (κ2) is 9.11. The lowest BCUT2D eigenvalue weighted by atomic mass is 10.1. The molecule has 0 fully saturated rings. The number of aromatic nitrogens is 4. The molecule has 10 aromatic rings. The van der Waals surface area contributed by atoms with Crippen LogP contribution in [-0.2, 0) is 0 Å². The molecule has 4 aromatic heterocycles. The third kappa shape index (κ3) is 3.60. The maximum absolute atomic E-state index is 6.32. The zero-order chi connectivity index (χ0) is 29.5. The highest BCUT2D eigenvalue weighted by Crippen LogP contribution is 2.38. The average Bonchev–Trinajstić information content (AvgIpc) is 3.76. The van der Waals surface area contributed by atoms with E-state index in [0.717, 1.165) is 76.8 Å². The van der Waals surface area contributed by atoms with E-state index in [2.05, 4.69) is 59.2 Å². The van der Waals surface area contributed by atoms with Crippen LogP contribution in [0.4, 0.5) is 0 Å². The van der Waals surface area contributed by atoms with E-state index in [4.69, 9.17) is 23.8 Å². The molecule has 210 valence electrons. The third-order valence-electron chi connectivity index (χ3n) is 8.66. The largest absolute Gasteiger partial charge is 0.456 e. The Hall–Kier alpha value is -6.27. The van der Waals surface area contributed by atoms with Crippen molar-refractivity contribution in [1.29, 1.82) is 0 Å². The standard InChI is InChI=1S/C39H22N4O2/c1-2-10-23(11-3-1)37-40-38(24-18-19-28-26-13-5-8-16-33(26)44-35(28)20-24)42-39(41-37)43-31-15-7-4-12-25(31)29-21-30-27-14-6-9-17-34(27)45-36(30)22-32(29)43/h1-22H. The summed E-state index contributed by atoms with van der Waals surface area (Å²) in [6, 6.07) is 45.2. The van der Waals surface area contributed by atoms with Gasteiger partial charge in [0.25, 0.3) is 0 Å². The maximum Gasteiger partial charge on any atom is 0.238 e. The Morgan fingerprint density at radius 1 is 0.378 bits per heavy atom. The van der Waals surface area contributed by atoms with Crippen molar-refractivity contribution in [2.45, 2.75) is 0 Å². The molecule has 0 spiro atoms. The van der Waals surface area contributed by atoms with Crippen LogP contribution in [0.25, 0.3) is 94.4 Å². The molecule has 6 heteroatoms. The molecule has 10 rings (SSSR count). The van der Waals surface area contributed by atoms with Gasteiger partial charge in [-0.25, -0.2) is 4.98 Å². The van der Waals surface area contributed by atoms with Gasteiger partial charge in [0.2, 0.25) is 5.95 Å². The molecule has 0 N–H and O–H groups in total. The topological polar surface area (TPSA) is 69.9 Å². The molecule has 0 aliphatic rings. The molecule has 0 amide bonds. The molecule has 45 heavy (non-hydrogen) atoms. The molecule has 6 nitrogen and oxygen atoms in total. The molecule has 0 aliphatic heterocycles. The van der Waals surface area contributed by atoms with E-state index in [-0.39, 0.29) is 0 Å². The van der Waals surface area contributed by atoms with Crippen LogP contribution in [0.2, 0.25) is 0 Å². The number of rotatable bonds is 3. The van der Waals surface area contributed by atoms with Gasteiger partial charge < -0.3 is 8.83 Å². The first-order chi connectivity index (χ1) is 22.3. The monoisotopic (exact) mass is 578 g/mol. The summed E-state index contributed by atoms with van der Waals surface area (Å²) in [6.45, 7) is 0. The summed E-state index contributed by atoms with van der Waals surface area (Å²) in [5.41, 5.74) is 7.07. The van der Waals surface area contributed by atoms with Crippen LogP contribution in [0.15, 0.2) is 142 Å². The molecule has 6 aromatic carbocycles.